The van der Waals surface area contributed by atoms with Gasteiger partial charge in [-0.15, -0.1) is 0 Å². The van der Waals surface area contributed by atoms with Gasteiger partial charge in [0.1, 0.15) is 5.82 Å². The van der Waals surface area contributed by atoms with Crippen LogP contribution in [0, 0.1) is 5.82 Å². The van der Waals surface area contributed by atoms with Crippen LogP contribution in [0.5, 0.6) is 0 Å². The molecule has 0 aliphatic rings. The van der Waals surface area contributed by atoms with Crippen molar-refractivity contribution in [1.82, 2.24) is 24.6 Å². The zero-order valence-corrected chi connectivity index (χ0v) is 12.9. The minimum absolute atomic E-state index is 0.163. The third-order valence-corrected chi connectivity index (χ3v) is 3.70. The molecule has 5 nitrogen and oxygen atoms in total. The van der Waals surface area contributed by atoms with Crippen LogP contribution in [-0.4, -0.2) is 24.6 Å². The Bertz CT molecular complexity index is 1100. The minimum Gasteiger partial charge on any atom is -0.256 e. The van der Waals surface area contributed by atoms with Crippen LogP contribution >= 0.6 is 0 Å². The number of nitrogens with zero attached hydrogens (tertiary/aromatic N) is 5. The lowest BCUT2D eigenvalue weighted by molar-refractivity contribution is -0.141. The molecular formula is C17H9F4N5. The number of aromatic nitrogens is 5. The van der Waals surface area contributed by atoms with Gasteiger partial charge >= 0.3 is 6.18 Å². The maximum Gasteiger partial charge on any atom is 0.435 e. The van der Waals surface area contributed by atoms with Gasteiger partial charge in [-0.3, -0.25) is 4.98 Å². The molecule has 0 N–H and O–H groups in total. The van der Waals surface area contributed by atoms with Crippen LogP contribution in [0.3, 0.4) is 0 Å². The average Bonchev–Trinajstić information content (AvgIpc) is 3.04. The number of fused-ring (bicyclic) bond motifs is 1. The van der Waals surface area contributed by atoms with Crippen molar-refractivity contribution in [3.8, 4) is 22.5 Å². The zero-order chi connectivity index (χ0) is 18.3. The molecule has 26 heavy (non-hydrogen) atoms. The summed E-state index contributed by atoms with van der Waals surface area (Å²) >= 11 is 0. The molecule has 4 rings (SSSR count). The molecule has 0 amide bonds. The van der Waals surface area contributed by atoms with E-state index in [-0.39, 0.29) is 5.78 Å². The largest absolute Gasteiger partial charge is 0.435 e. The fourth-order valence-electron chi connectivity index (χ4n) is 2.51. The number of hydrogen-bond acceptors (Lipinski definition) is 4. The van der Waals surface area contributed by atoms with E-state index in [1.165, 1.54) is 29.0 Å². The normalized spacial score (nSPS) is 11.8. The third kappa shape index (κ3) is 2.87. The molecular weight excluding hydrogens is 350 g/mol. The van der Waals surface area contributed by atoms with Gasteiger partial charge in [0.2, 0.25) is 0 Å². The Hall–Kier alpha value is -3.36. The predicted octanol–water partition coefficient (Wildman–Crippen LogP) is 4.01. The highest BCUT2D eigenvalue weighted by Crippen LogP contribution is 2.29. The highest BCUT2D eigenvalue weighted by atomic mass is 19.4. The Morgan fingerprint density at radius 3 is 2.50 bits per heavy atom. The minimum atomic E-state index is -4.59. The molecule has 0 saturated carbocycles. The standard InChI is InChI=1S/C17H9F4N5/c18-12-4-5-22-13(7-12)10-2-1-3-11(6-10)14-8-23-16-25-15(17(19,20)21)9-24-26(14)16/h1-9H. The number of imidazole rings is 1. The summed E-state index contributed by atoms with van der Waals surface area (Å²) in [6, 6.07) is 9.49. The summed E-state index contributed by atoms with van der Waals surface area (Å²) in [5.74, 6) is -0.579. The first kappa shape index (κ1) is 16.1. The van der Waals surface area contributed by atoms with E-state index in [4.69, 9.17) is 0 Å². The van der Waals surface area contributed by atoms with E-state index in [0.29, 0.717) is 28.7 Å². The van der Waals surface area contributed by atoms with Gasteiger partial charge in [0, 0.05) is 23.4 Å². The Kier molecular flexibility index (Phi) is 3.64. The zero-order valence-electron chi connectivity index (χ0n) is 12.9. The van der Waals surface area contributed by atoms with Gasteiger partial charge < -0.3 is 0 Å². The number of halogens is 4. The molecule has 0 spiro atoms. The lowest BCUT2D eigenvalue weighted by Gasteiger charge is -2.07. The van der Waals surface area contributed by atoms with Gasteiger partial charge in [-0.2, -0.15) is 22.8 Å². The van der Waals surface area contributed by atoms with Gasteiger partial charge in [0.25, 0.3) is 5.78 Å². The Morgan fingerprint density at radius 2 is 1.73 bits per heavy atom. The first-order valence-electron chi connectivity index (χ1n) is 7.42. The summed E-state index contributed by atoms with van der Waals surface area (Å²) in [5, 5.41) is 3.80. The summed E-state index contributed by atoms with van der Waals surface area (Å²) in [7, 11) is 0. The van der Waals surface area contributed by atoms with Crippen molar-refractivity contribution >= 4 is 5.78 Å². The maximum absolute atomic E-state index is 13.4. The van der Waals surface area contributed by atoms with Crippen molar-refractivity contribution in [1.29, 1.82) is 0 Å². The maximum atomic E-state index is 13.4. The van der Waals surface area contributed by atoms with Crippen molar-refractivity contribution in [2.24, 2.45) is 0 Å². The second-order valence-electron chi connectivity index (χ2n) is 5.43. The quantitative estimate of drug-likeness (QED) is 0.508. The highest BCUT2D eigenvalue weighted by Gasteiger charge is 2.33. The van der Waals surface area contributed by atoms with Crippen molar-refractivity contribution in [2.75, 3.05) is 0 Å². The Balaban J connectivity index is 1.80. The number of hydrogen-bond donors (Lipinski definition) is 0. The van der Waals surface area contributed by atoms with Gasteiger partial charge in [0.05, 0.1) is 23.8 Å². The first-order valence-corrected chi connectivity index (χ1v) is 7.42. The first-order chi connectivity index (χ1) is 12.4. The lowest BCUT2D eigenvalue weighted by atomic mass is 10.1. The second kappa shape index (κ2) is 5.87. The number of pyridine rings is 1. The summed E-state index contributed by atoms with van der Waals surface area (Å²) in [5.41, 5.74) is 1.07. The van der Waals surface area contributed by atoms with E-state index in [2.05, 4.69) is 20.1 Å². The van der Waals surface area contributed by atoms with Crippen LogP contribution < -0.4 is 0 Å². The molecule has 4 aromatic rings. The van der Waals surface area contributed by atoms with E-state index in [9.17, 15) is 17.6 Å². The van der Waals surface area contributed by atoms with Gasteiger partial charge in [0.15, 0.2) is 5.69 Å². The summed E-state index contributed by atoms with van der Waals surface area (Å²) in [6.07, 6.45) is -1.21. The van der Waals surface area contributed by atoms with E-state index < -0.39 is 17.7 Å². The van der Waals surface area contributed by atoms with Crippen LogP contribution in [-0.2, 0) is 6.18 Å². The summed E-state index contributed by atoms with van der Waals surface area (Å²) in [6.45, 7) is 0. The second-order valence-corrected chi connectivity index (χ2v) is 5.43. The van der Waals surface area contributed by atoms with E-state index in [0.717, 1.165) is 0 Å². The molecule has 0 aliphatic carbocycles. The monoisotopic (exact) mass is 359 g/mol. The Labute approximate surface area is 144 Å². The van der Waals surface area contributed by atoms with Crippen molar-refractivity contribution < 1.29 is 17.6 Å². The molecule has 0 radical (unpaired) electrons. The smallest absolute Gasteiger partial charge is 0.256 e. The molecule has 0 aliphatic heterocycles. The van der Waals surface area contributed by atoms with Crippen molar-refractivity contribution in [3.05, 3.63) is 66.5 Å². The van der Waals surface area contributed by atoms with Gasteiger partial charge in [-0.1, -0.05) is 18.2 Å². The fraction of sp³-hybridized carbons (Fsp3) is 0.0588. The van der Waals surface area contributed by atoms with Crippen LogP contribution in [0.15, 0.2) is 55.0 Å². The third-order valence-electron chi connectivity index (χ3n) is 3.70. The molecule has 1 aromatic carbocycles. The fourth-order valence-corrected chi connectivity index (χ4v) is 2.51. The van der Waals surface area contributed by atoms with Gasteiger partial charge in [-0.05, 0) is 12.1 Å². The molecule has 3 aromatic heterocycles. The van der Waals surface area contributed by atoms with E-state index in [1.807, 2.05) is 0 Å². The highest BCUT2D eigenvalue weighted by molar-refractivity contribution is 5.70. The van der Waals surface area contributed by atoms with Crippen molar-refractivity contribution in [3.63, 3.8) is 0 Å². The molecule has 9 heteroatoms. The molecule has 0 atom stereocenters. The topological polar surface area (TPSA) is 56.0 Å². The van der Waals surface area contributed by atoms with Crippen LogP contribution in [0.4, 0.5) is 17.6 Å². The average molecular weight is 359 g/mol. The molecule has 0 bridgehead atoms. The van der Waals surface area contributed by atoms with Gasteiger partial charge in [-0.25, -0.2) is 14.4 Å². The van der Waals surface area contributed by atoms with E-state index in [1.54, 1.807) is 24.3 Å². The molecule has 0 unspecified atom stereocenters. The summed E-state index contributed by atoms with van der Waals surface area (Å²) < 4.78 is 52.8. The van der Waals surface area contributed by atoms with Crippen LogP contribution in [0.1, 0.15) is 5.69 Å². The SMILES string of the molecule is Fc1ccnc(-c2cccc(-c3cnc4nc(C(F)(F)F)cnn34)c2)c1. The van der Waals surface area contributed by atoms with Crippen LogP contribution in [0.2, 0.25) is 0 Å². The van der Waals surface area contributed by atoms with E-state index >= 15 is 0 Å². The lowest BCUT2D eigenvalue weighted by Crippen LogP contribution is -2.11. The Morgan fingerprint density at radius 1 is 0.923 bits per heavy atom. The molecule has 0 fully saturated rings. The number of alkyl halides is 3. The number of rotatable bonds is 2. The van der Waals surface area contributed by atoms with Crippen LogP contribution in [0.25, 0.3) is 28.3 Å². The predicted molar refractivity (Wildman–Crippen MR) is 84.4 cm³/mol. The number of benzene rings is 1. The summed E-state index contributed by atoms with van der Waals surface area (Å²) in [4.78, 5) is 11.5. The molecule has 0 saturated heterocycles. The van der Waals surface area contributed by atoms with Crippen molar-refractivity contribution in [2.45, 2.75) is 6.18 Å². The molecule has 130 valence electrons. The molecule has 3 heterocycles.